The highest BCUT2D eigenvalue weighted by Gasteiger charge is 2.18. The van der Waals surface area contributed by atoms with Crippen LogP contribution in [0.1, 0.15) is 6.92 Å². The van der Waals surface area contributed by atoms with E-state index < -0.39 is 0 Å². The molecular weight excluding hydrogens is 368 g/mol. The van der Waals surface area contributed by atoms with E-state index in [0.717, 1.165) is 10.0 Å². The fourth-order valence-corrected chi connectivity index (χ4v) is 4.06. The van der Waals surface area contributed by atoms with Gasteiger partial charge in [0.15, 0.2) is 4.34 Å². The van der Waals surface area contributed by atoms with E-state index in [0.29, 0.717) is 16.6 Å². The van der Waals surface area contributed by atoms with Crippen LogP contribution in [-0.4, -0.2) is 28.5 Å². The third-order valence-corrected chi connectivity index (χ3v) is 5.47. The second-order valence-corrected chi connectivity index (χ2v) is 7.88. The first-order valence-corrected chi connectivity index (χ1v) is 9.61. The van der Waals surface area contributed by atoms with Crippen LogP contribution in [0.5, 0.6) is 5.75 Å². The van der Waals surface area contributed by atoms with Crippen LogP contribution in [0, 0.1) is 0 Å². The maximum Gasteiger partial charge on any atom is 0.237 e. The van der Waals surface area contributed by atoms with Gasteiger partial charge in [-0.1, -0.05) is 53.4 Å². The Kier molecular flexibility index (Phi) is 6.08. The molecule has 8 heteroatoms. The quantitative estimate of drug-likeness (QED) is 0.586. The van der Waals surface area contributed by atoms with Crippen molar-refractivity contribution in [2.45, 2.75) is 16.5 Å². The number of amides is 1. The highest BCUT2D eigenvalue weighted by Crippen LogP contribution is 2.31. The van der Waals surface area contributed by atoms with E-state index in [-0.39, 0.29) is 11.2 Å². The molecule has 0 aliphatic rings. The van der Waals surface area contributed by atoms with Crippen LogP contribution in [0.4, 0.5) is 16.5 Å². The van der Waals surface area contributed by atoms with E-state index in [9.17, 15) is 4.79 Å². The minimum Gasteiger partial charge on any atom is -0.495 e. The molecule has 1 unspecified atom stereocenters. The molecule has 3 rings (SSSR count). The van der Waals surface area contributed by atoms with Gasteiger partial charge < -0.3 is 15.4 Å². The molecule has 1 aromatic heterocycles. The third-order valence-electron chi connectivity index (χ3n) is 3.44. The Bertz CT molecular complexity index is 870. The van der Waals surface area contributed by atoms with E-state index >= 15 is 0 Å². The Morgan fingerprint density at radius 2 is 1.85 bits per heavy atom. The first-order valence-electron chi connectivity index (χ1n) is 7.92. The molecule has 1 atom stereocenters. The lowest BCUT2D eigenvalue weighted by molar-refractivity contribution is -0.115. The number of carbonyl (C=O) groups is 1. The smallest absolute Gasteiger partial charge is 0.237 e. The second-order valence-electron chi connectivity index (χ2n) is 5.31. The summed E-state index contributed by atoms with van der Waals surface area (Å²) >= 11 is 2.78. The summed E-state index contributed by atoms with van der Waals surface area (Å²) in [4.78, 5) is 12.4. The van der Waals surface area contributed by atoms with Crippen molar-refractivity contribution < 1.29 is 9.53 Å². The number of methoxy groups -OCH3 is 1. The first-order chi connectivity index (χ1) is 12.7. The summed E-state index contributed by atoms with van der Waals surface area (Å²) in [6.45, 7) is 1.83. The fourth-order valence-electron chi connectivity index (χ4n) is 2.14. The maximum atomic E-state index is 12.4. The minimum absolute atomic E-state index is 0.118. The van der Waals surface area contributed by atoms with Crippen LogP contribution in [0.3, 0.4) is 0 Å². The highest BCUT2D eigenvalue weighted by molar-refractivity contribution is 8.02. The molecule has 0 saturated heterocycles. The Hall–Kier alpha value is -2.58. The first kappa shape index (κ1) is 18.2. The van der Waals surface area contributed by atoms with E-state index in [4.69, 9.17) is 4.74 Å². The van der Waals surface area contributed by atoms with Crippen LogP contribution in [-0.2, 0) is 4.79 Å². The molecule has 2 N–H and O–H groups in total. The molecule has 0 saturated carbocycles. The number of benzene rings is 2. The van der Waals surface area contributed by atoms with Gasteiger partial charge in [0.2, 0.25) is 11.0 Å². The van der Waals surface area contributed by atoms with E-state index in [1.807, 2.05) is 49.4 Å². The predicted octanol–water partition coefficient (Wildman–Crippen LogP) is 4.41. The average Bonchev–Trinajstić information content (AvgIpc) is 3.09. The molecule has 0 spiro atoms. The number of nitrogens with one attached hydrogen (secondary N) is 2. The number of anilines is 3. The fraction of sp³-hybridized carbons (Fsp3) is 0.167. The van der Waals surface area contributed by atoms with E-state index in [2.05, 4.69) is 20.8 Å². The normalized spacial score (nSPS) is 11.6. The van der Waals surface area contributed by atoms with Crippen molar-refractivity contribution in [1.82, 2.24) is 10.2 Å². The van der Waals surface area contributed by atoms with Crippen molar-refractivity contribution in [2.24, 2.45) is 0 Å². The molecule has 134 valence electrons. The minimum atomic E-state index is -0.322. The van der Waals surface area contributed by atoms with Gasteiger partial charge >= 0.3 is 0 Å². The number of thioether (sulfide) groups is 1. The van der Waals surface area contributed by atoms with Gasteiger partial charge in [0.05, 0.1) is 18.0 Å². The molecule has 1 heterocycles. The molecule has 0 radical (unpaired) electrons. The van der Waals surface area contributed by atoms with E-state index in [1.54, 1.807) is 19.2 Å². The lowest BCUT2D eigenvalue weighted by Crippen LogP contribution is -2.22. The van der Waals surface area contributed by atoms with Crippen LogP contribution in [0.25, 0.3) is 0 Å². The zero-order valence-corrected chi connectivity index (χ0v) is 15.9. The summed E-state index contributed by atoms with van der Waals surface area (Å²) < 4.78 is 5.98. The summed E-state index contributed by atoms with van der Waals surface area (Å²) in [5.74, 6) is 0.510. The molecule has 2 aromatic carbocycles. The zero-order chi connectivity index (χ0) is 18.4. The van der Waals surface area contributed by atoms with Crippen LogP contribution < -0.4 is 15.4 Å². The molecule has 1 amide bonds. The van der Waals surface area contributed by atoms with Crippen LogP contribution in [0.15, 0.2) is 58.9 Å². The Morgan fingerprint density at radius 3 is 2.62 bits per heavy atom. The van der Waals surface area contributed by atoms with Crippen molar-refractivity contribution in [3.8, 4) is 5.75 Å². The van der Waals surface area contributed by atoms with Gasteiger partial charge in [-0.2, -0.15) is 0 Å². The summed E-state index contributed by atoms with van der Waals surface area (Å²) in [6, 6.07) is 17.1. The molecule has 26 heavy (non-hydrogen) atoms. The van der Waals surface area contributed by atoms with Crippen LogP contribution >= 0.6 is 23.1 Å². The van der Waals surface area contributed by atoms with Gasteiger partial charge in [0.25, 0.3) is 0 Å². The SMILES string of the molecule is COc1ccccc1NC(=O)C(C)Sc1nnc(Nc2ccccc2)s1. The van der Waals surface area contributed by atoms with Gasteiger partial charge in [-0.05, 0) is 31.2 Å². The van der Waals surface area contributed by atoms with Crippen molar-refractivity contribution >= 4 is 45.5 Å². The summed E-state index contributed by atoms with van der Waals surface area (Å²) in [5.41, 5.74) is 1.60. The standard InChI is InChI=1S/C18H18N4O2S2/c1-12(16(23)20-14-10-6-7-11-15(14)24-2)25-18-22-21-17(26-18)19-13-8-4-3-5-9-13/h3-12H,1-2H3,(H,19,21)(H,20,23). The van der Waals surface area contributed by atoms with Gasteiger partial charge in [-0.3, -0.25) is 4.79 Å². The Morgan fingerprint density at radius 1 is 1.12 bits per heavy atom. The molecular formula is C18H18N4O2S2. The molecule has 0 aliphatic heterocycles. The molecule has 3 aromatic rings. The number of para-hydroxylation sites is 3. The predicted molar refractivity (Wildman–Crippen MR) is 107 cm³/mol. The lowest BCUT2D eigenvalue weighted by Gasteiger charge is -2.12. The highest BCUT2D eigenvalue weighted by atomic mass is 32.2. The summed E-state index contributed by atoms with van der Waals surface area (Å²) in [7, 11) is 1.58. The summed E-state index contributed by atoms with van der Waals surface area (Å²) in [6.07, 6.45) is 0. The number of rotatable bonds is 7. The van der Waals surface area contributed by atoms with Gasteiger partial charge in [-0.25, -0.2) is 0 Å². The van der Waals surface area contributed by atoms with Crippen molar-refractivity contribution in [1.29, 1.82) is 0 Å². The van der Waals surface area contributed by atoms with E-state index in [1.165, 1.54) is 23.1 Å². The van der Waals surface area contributed by atoms with Gasteiger partial charge in [0.1, 0.15) is 5.75 Å². The largest absolute Gasteiger partial charge is 0.495 e. The molecule has 0 bridgehead atoms. The number of carbonyl (C=O) groups excluding carboxylic acids is 1. The number of aromatic nitrogens is 2. The average molecular weight is 387 g/mol. The third kappa shape index (κ3) is 4.74. The number of hydrogen-bond acceptors (Lipinski definition) is 7. The molecule has 0 aliphatic carbocycles. The number of nitrogens with zero attached hydrogens (tertiary/aromatic N) is 2. The second kappa shape index (κ2) is 8.68. The van der Waals surface area contributed by atoms with Crippen LogP contribution in [0.2, 0.25) is 0 Å². The zero-order valence-electron chi connectivity index (χ0n) is 14.3. The number of ether oxygens (including phenoxy) is 1. The Labute approximate surface area is 160 Å². The Balaban J connectivity index is 1.59. The number of hydrogen-bond donors (Lipinski definition) is 2. The van der Waals surface area contributed by atoms with Crippen molar-refractivity contribution in [3.05, 3.63) is 54.6 Å². The lowest BCUT2D eigenvalue weighted by atomic mass is 10.3. The van der Waals surface area contributed by atoms with Gasteiger partial charge in [-0.15, -0.1) is 10.2 Å². The monoisotopic (exact) mass is 386 g/mol. The topological polar surface area (TPSA) is 76.1 Å². The molecule has 0 fully saturated rings. The van der Waals surface area contributed by atoms with Gasteiger partial charge in [0, 0.05) is 5.69 Å². The summed E-state index contributed by atoms with van der Waals surface area (Å²) in [5, 5.41) is 14.7. The van der Waals surface area contributed by atoms with Crippen molar-refractivity contribution in [3.63, 3.8) is 0 Å². The maximum absolute atomic E-state index is 12.4. The molecule has 6 nitrogen and oxygen atoms in total. The van der Waals surface area contributed by atoms with Crippen molar-refractivity contribution in [2.75, 3.05) is 17.7 Å².